The van der Waals surface area contributed by atoms with Crippen LogP contribution in [0.25, 0.3) is 0 Å². The molecule has 0 saturated heterocycles. The van der Waals surface area contributed by atoms with E-state index >= 15 is 0 Å². The predicted molar refractivity (Wildman–Crippen MR) is 117 cm³/mol. The van der Waals surface area contributed by atoms with Crippen molar-refractivity contribution < 1.29 is 9.90 Å². The van der Waals surface area contributed by atoms with Gasteiger partial charge in [0.1, 0.15) is 12.0 Å². The van der Waals surface area contributed by atoms with E-state index in [1.165, 1.54) is 11.1 Å². The van der Waals surface area contributed by atoms with Crippen molar-refractivity contribution >= 4 is 6.29 Å². The molecule has 2 nitrogen and oxygen atoms in total. The van der Waals surface area contributed by atoms with Crippen LogP contribution in [0.15, 0.2) is 103 Å². The van der Waals surface area contributed by atoms with Crippen molar-refractivity contribution in [1.29, 1.82) is 0 Å². The van der Waals surface area contributed by atoms with Gasteiger partial charge in [0.15, 0.2) is 0 Å². The van der Waals surface area contributed by atoms with E-state index in [9.17, 15) is 9.90 Å². The van der Waals surface area contributed by atoms with Gasteiger partial charge in [0.05, 0.1) is 5.41 Å². The molecule has 5 rings (SSSR count). The summed E-state index contributed by atoms with van der Waals surface area (Å²) in [6.45, 7) is 1.97. The van der Waals surface area contributed by atoms with Gasteiger partial charge in [-0.1, -0.05) is 103 Å². The van der Waals surface area contributed by atoms with Crippen LogP contribution in [0.1, 0.15) is 38.2 Å². The number of rotatable bonds is 3. The first-order valence-electron chi connectivity index (χ1n) is 9.63. The topological polar surface area (TPSA) is 37.3 Å². The Morgan fingerprint density at radius 2 is 1.21 bits per heavy atom. The molecule has 0 radical (unpaired) electrons. The SMILES string of the molecule is Cc1cccc(C=O)c1.Oc1c2cccc1C2(c1ccccc1)c1ccccc1. The quantitative estimate of drug-likeness (QED) is 0.397. The molecule has 2 bridgehead atoms. The standard InChI is InChI=1S/C19H14O.C8H8O/c20-18-16-12-7-13-17(18)19(16,14-8-3-1-4-9-14)15-10-5-2-6-11-15;1-7-3-2-4-8(5-7)6-9/h1-13,20H;2-6H,1H3. The smallest absolute Gasteiger partial charge is 0.150 e. The summed E-state index contributed by atoms with van der Waals surface area (Å²) >= 11 is 0. The number of carbonyl (C=O) groups is 1. The van der Waals surface area contributed by atoms with E-state index in [0.29, 0.717) is 5.75 Å². The maximum absolute atomic E-state index is 10.2. The molecule has 0 heterocycles. The molecule has 0 amide bonds. The summed E-state index contributed by atoms with van der Waals surface area (Å²) in [6.07, 6.45) is 0.854. The highest BCUT2D eigenvalue weighted by Crippen LogP contribution is 2.58. The first-order chi connectivity index (χ1) is 14.2. The lowest BCUT2D eigenvalue weighted by Crippen LogP contribution is -2.37. The van der Waals surface area contributed by atoms with E-state index in [0.717, 1.165) is 28.5 Å². The monoisotopic (exact) mass is 378 g/mol. The Bertz CT molecular complexity index is 1070. The van der Waals surface area contributed by atoms with Crippen molar-refractivity contribution in [3.63, 3.8) is 0 Å². The van der Waals surface area contributed by atoms with Gasteiger partial charge in [-0.25, -0.2) is 0 Å². The Morgan fingerprint density at radius 1 is 0.690 bits per heavy atom. The van der Waals surface area contributed by atoms with Gasteiger partial charge >= 0.3 is 0 Å². The molecule has 0 fully saturated rings. The van der Waals surface area contributed by atoms with Gasteiger partial charge in [0.25, 0.3) is 0 Å². The highest BCUT2D eigenvalue weighted by molar-refractivity contribution is 5.75. The van der Waals surface area contributed by atoms with Crippen molar-refractivity contribution in [2.24, 2.45) is 0 Å². The number of aryl methyl sites for hydroxylation is 1. The molecule has 0 atom stereocenters. The largest absolute Gasteiger partial charge is 0.507 e. The van der Waals surface area contributed by atoms with E-state index in [1.807, 2.05) is 55.5 Å². The lowest BCUT2D eigenvalue weighted by molar-refractivity contribution is 0.112. The number of aldehydes is 1. The number of carbonyl (C=O) groups excluding carboxylic acids is 1. The first kappa shape index (κ1) is 18.7. The minimum Gasteiger partial charge on any atom is -0.507 e. The van der Waals surface area contributed by atoms with E-state index in [2.05, 4.69) is 48.5 Å². The molecule has 4 aromatic rings. The zero-order valence-corrected chi connectivity index (χ0v) is 16.2. The van der Waals surface area contributed by atoms with Crippen LogP contribution in [-0.2, 0) is 5.41 Å². The Balaban J connectivity index is 0.000000192. The first-order valence-corrected chi connectivity index (χ1v) is 9.63. The number of para-hydroxylation sites is 1. The number of aromatic hydroxyl groups is 1. The second-order valence-corrected chi connectivity index (χ2v) is 7.22. The Morgan fingerprint density at radius 3 is 1.62 bits per heavy atom. The average molecular weight is 378 g/mol. The summed E-state index contributed by atoms with van der Waals surface area (Å²) < 4.78 is 0. The van der Waals surface area contributed by atoms with Gasteiger partial charge in [-0.2, -0.15) is 0 Å². The lowest BCUT2D eigenvalue weighted by Gasteiger charge is -2.44. The summed E-state index contributed by atoms with van der Waals surface area (Å²) in [5.74, 6) is 0.431. The molecule has 1 aliphatic carbocycles. The maximum Gasteiger partial charge on any atom is 0.150 e. The molecule has 0 spiro atoms. The molecule has 2 heteroatoms. The zero-order chi connectivity index (χ0) is 20.3. The van der Waals surface area contributed by atoms with Crippen LogP contribution >= 0.6 is 0 Å². The van der Waals surface area contributed by atoms with E-state index in [-0.39, 0.29) is 5.41 Å². The number of phenols is 1. The van der Waals surface area contributed by atoms with Crippen LogP contribution in [0, 0.1) is 6.92 Å². The minimum absolute atomic E-state index is 0.304. The third-order valence-electron chi connectivity index (χ3n) is 5.44. The molecule has 0 aliphatic heterocycles. The third kappa shape index (κ3) is 3.13. The Labute approximate surface area is 171 Å². The summed E-state index contributed by atoms with van der Waals surface area (Å²) in [5.41, 5.74) is 5.96. The molecule has 0 unspecified atom stereocenters. The Kier molecular flexibility index (Phi) is 5.01. The molecule has 142 valence electrons. The van der Waals surface area contributed by atoms with Crippen molar-refractivity contribution in [3.05, 3.63) is 137 Å². The number of phenolic OH excluding ortho intramolecular Hbond substituents is 1. The number of hydrogen-bond acceptors (Lipinski definition) is 2. The van der Waals surface area contributed by atoms with Gasteiger partial charge in [-0.15, -0.1) is 0 Å². The van der Waals surface area contributed by atoms with Gasteiger partial charge in [0, 0.05) is 16.7 Å². The molecule has 1 N–H and O–H groups in total. The molecule has 0 aromatic heterocycles. The zero-order valence-electron chi connectivity index (χ0n) is 16.2. The third-order valence-corrected chi connectivity index (χ3v) is 5.44. The van der Waals surface area contributed by atoms with Crippen LogP contribution in [0.3, 0.4) is 0 Å². The second-order valence-electron chi connectivity index (χ2n) is 7.22. The molecule has 29 heavy (non-hydrogen) atoms. The fourth-order valence-corrected chi connectivity index (χ4v) is 4.14. The van der Waals surface area contributed by atoms with Gasteiger partial charge in [-0.3, -0.25) is 4.79 Å². The van der Waals surface area contributed by atoms with Crippen LogP contribution in [0.5, 0.6) is 5.75 Å². The summed E-state index contributed by atoms with van der Waals surface area (Å²) in [6, 6.07) is 34.3. The van der Waals surface area contributed by atoms with Crippen molar-refractivity contribution in [1.82, 2.24) is 0 Å². The second kappa shape index (κ2) is 7.76. The van der Waals surface area contributed by atoms with Crippen molar-refractivity contribution in [2.75, 3.05) is 0 Å². The van der Waals surface area contributed by atoms with Gasteiger partial charge in [0.2, 0.25) is 0 Å². The van der Waals surface area contributed by atoms with E-state index < -0.39 is 0 Å². The maximum atomic E-state index is 10.2. The van der Waals surface area contributed by atoms with E-state index in [4.69, 9.17) is 0 Å². The fraction of sp³-hybridized carbons (Fsp3) is 0.0741. The van der Waals surface area contributed by atoms with Crippen LogP contribution in [0.4, 0.5) is 0 Å². The highest BCUT2D eigenvalue weighted by atomic mass is 16.3. The van der Waals surface area contributed by atoms with Crippen LogP contribution in [0.2, 0.25) is 0 Å². The molecule has 1 aliphatic rings. The molecular formula is C27H22O2. The minimum atomic E-state index is -0.304. The number of fused-ring (bicyclic) bond motifs is 2. The molecular weight excluding hydrogens is 356 g/mol. The lowest BCUT2D eigenvalue weighted by atomic mass is 9.57. The number of hydrogen-bond donors (Lipinski definition) is 1. The van der Waals surface area contributed by atoms with Gasteiger partial charge in [-0.05, 0) is 24.1 Å². The molecule has 4 aromatic carbocycles. The average Bonchev–Trinajstić information content (AvgIpc) is 2.79. The van der Waals surface area contributed by atoms with Crippen molar-refractivity contribution in [2.45, 2.75) is 12.3 Å². The van der Waals surface area contributed by atoms with Crippen molar-refractivity contribution in [3.8, 4) is 5.75 Å². The predicted octanol–water partition coefficient (Wildman–Crippen LogP) is 5.90. The summed E-state index contributed by atoms with van der Waals surface area (Å²) in [4.78, 5) is 10.2. The van der Waals surface area contributed by atoms with E-state index in [1.54, 1.807) is 6.07 Å². The van der Waals surface area contributed by atoms with Crippen LogP contribution in [-0.4, -0.2) is 11.4 Å². The normalized spacial score (nSPS) is 12.9. The van der Waals surface area contributed by atoms with Gasteiger partial charge < -0.3 is 5.11 Å². The van der Waals surface area contributed by atoms with Crippen LogP contribution < -0.4 is 0 Å². The highest BCUT2D eigenvalue weighted by Gasteiger charge is 2.49. The Hall–Kier alpha value is -3.65. The number of benzene rings is 4. The molecule has 0 saturated carbocycles. The summed E-state index contributed by atoms with van der Waals surface area (Å²) in [5, 5.41) is 10.2. The fourth-order valence-electron chi connectivity index (χ4n) is 4.14. The summed E-state index contributed by atoms with van der Waals surface area (Å²) in [7, 11) is 0.